The molecule has 0 aromatic rings. The van der Waals surface area contributed by atoms with Gasteiger partial charge in [-0.3, -0.25) is 4.79 Å². The van der Waals surface area contributed by atoms with E-state index in [1.807, 2.05) is 4.90 Å². The molecule has 2 aliphatic heterocycles. The molecule has 1 spiro atoms. The standard InChI is InChI=1S/C17H30N2O4S/c1-13-8-14(9-13)16(20)18-6-4-17(5-7-18)10-15(11-23-2)19(12-17)24(3,21)22/h13-15H,4-12H2,1-3H3. The Bertz CT molecular complexity index is 577. The van der Waals surface area contributed by atoms with Gasteiger partial charge in [0, 0.05) is 38.7 Å². The molecule has 1 saturated carbocycles. The van der Waals surface area contributed by atoms with Crippen molar-refractivity contribution >= 4 is 15.9 Å². The summed E-state index contributed by atoms with van der Waals surface area (Å²) in [5.74, 6) is 1.23. The van der Waals surface area contributed by atoms with E-state index < -0.39 is 10.0 Å². The topological polar surface area (TPSA) is 66.9 Å². The van der Waals surface area contributed by atoms with Crippen molar-refractivity contribution in [1.82, 2.24) is 9.21 Å². The average Bonchev–Trinajstić information content (AvgIpc) is 2.83. The molecule has 1 amide bonds. The zero-order chi connectivity index (χ0) is 17.5. The number of nitrogens with zero attached hydrogens (tertiary/aromatic N) is 2. The molecule has 2 saturated heterocycles. The Morgan fingerprint density at radius 1 is 1.25 bits per heavy atom. The van der Waals surface area contributed by atoms with Crippen molar-refractivity contribution in [2.24, 2.45) is 17.3 Å². The van der Waals surface area contributed by atoms with Crippen LogP contribution in [0.2, 0.25) is 0 Å². The van der Waals surface area contributed by atoms with Crippen LogP contribution in [0.15, 0.2) is 0 Å². The fourth-order valence-electron chi connectivity index (χ4n) is 4.77. The number of sulfonamides is 1. The van der Waals surface area contributed by atoms with Crippen LogP contribution in [-0.4, -0.2) is 69.2 Å². The first-order chi connectivity index (χ1) is 11.2. The zero-order valence-corrected chi connectivity index (χ0v) is 15.8. The number of ether oxygens (including phenoxy) is 1. The third-order valence-corrected chi connectivity index (χ3v) is 7.49. The summed E-state index contributed by atoms with van der Waals surface area (Å²) in [6.45, 7) is 4.74. The number of methoxy groups -OCH3 is 1. The van der Waals surface area contributed by atoms with Crippen LogP contribution in [-0.2, 0) is 19.6 Å². The molecule has 24 heavy (non-hydrogen) atoms. The van der Waals surface area contributed by atoms with Crippen LogP contribution in [0.25, 0.3) is 0 Å². The number of carbonyl (C=O) groups excluding carboxylic acids is 1. The van der Waals surface area contributed by atoms with Crippen LogP contribution in [0, 0.1) is 17.3 Å². The van der Waals surface area contributed by atoms with Crippen LogP contribution in [0.1, 0.15) is 39.0 Å². The van der Waals surface area contributed by atoms with Crippen molar-refractivity contribution in [1.29, 1.82) is 0 Å². The van der Waals surface area contributed by atoms with E-state index in [0.29, 0.717) is 25.0 Å². The third-order valence-electron chi connectivity index (χ3n) is 6.21. The minimum atomic E-state index is -3.22. The smallest absolute Gasteiger partial charge is 0.225 e. The molecule has 0 aromatic carbocycles. The molecule has 1 unspecified atom stereocenters. The molecule has 0 bridgehead atoms. The number of amides is 1. The molecule has 1 atom stereocenters. The number of piperidine rings is 1. The molecule has 3 fully saturated rings. The lowest BCUT2D eigenvalue weighted by atomic mass is 9.73. The van der Waals surface area contributed by atoms with Gasteiger partial charge in [-0.25, -0.2) is 8.42 Å². The number of carbonyl (C=O) groups is 1. The monoisotopic (exact) mass is 358 g/mol. The van der Waals surface area contributed by atoms with Crippen molar-refractivity contribution in [3.05, 3.63) is 0 Å². The maximum atomic E-state index is 12.5. The highest BCUT2D eigenvalue weighted by Gasteiger charge is 2.49. The average molecular weight is 359 g/mol. The molecule has 0 N–H and O–H groups in total. The van der Waals surface area contributed by atoms with E-state index >= 15 is 0 Å². The second kappa shape index (κ2) is 6.57. The number of rotatable bonds is 4. The van der Waals surface area contributed by atoms with Crippen LogP contribution in [0.3, 0.4) is 0 Å². The Balaban J connectivity index is 1.61. The van der Waals surface area contributed by atoms with Crippen molar-refractivity contribution in [2.75, 3.05) is 39.6 Å². The first kappa shape index (κ1) is 18.1. The molecule has 1 aliphatic carbocycles. The SMILES string of the molecule is COCC1CC2(CCN(C(=O)C3CC(C)C3)CC2)CN1S(C)(=O)=O. The van der Waals surface area contributed by atoms with Gasteiger partial charge in [-0.15, -0.1) is 0 Å². The Kier molecular flexibility index (Phi) is 4.97. The summed E-state index contributed by atoms with van der Waals surface area (Å²) in [4.78, 5) is 14.5. The Morgan fingerprint density at radius 3 is 2.38 bits per heavy atom. The van der Waals surface area contributed by atoms with Crippen molar-refractivity contribution in [3.8, 4) is 0 Å². The van der Waals surface area contributed by atoms with Gasteiger partial charge in [0.15, 0.2) is 0 Å². The molecule has 2 heterocycles. The van der Waals surface area contributed by atoms with E-state index in [-0.39, 0.29) is 17.4 Å². The Morgan fingerprint density at radius 2 is 1.88 bits per heavy atom. The summed E-state index contributed by atoms with van der Waals surface area (Å²) >= 11 is 0. The summed E-state index contributed by atoms with van der Waals surface area (Å²) in [6, 6.07) is -0.0697. The van der Waals surface area contributed by atoms with Crippen molar-refractivity contribution in [2.45, 2.75) is 45.1 Å². The second-order valence-electron chi connectivity index (χ2n) is 8.22. The number of hydrogen-bond donors (Lipinski definition) is 0. The summed E-state index contributed by atoms with van der Waals surface area (Å²) in [5, 5.41) is 0. The third kappa shape index (κ3) is 3.48. The minimum Gasteiger partial charge on any atom is -0.383 e. The van der Waals surface area contributed by atoms with E-state index in [9.17, 15) is 13.2 Å². The fraction of sp³-hybridized carbons (Fsp3) is 0.941. The molecule has 0 radical (unpaired) electrons. The van der Waals surface area contributed by atoms with Crippen LogP contribution >= 0.6 is 0 Å². The molecule has 0 aromatic heterocycles. The molecule has 3 aliphatic rings. The molecule has 138 valence electrons. The Labute approximate surface area is 145 Å². The van der Waals surface area contributed by atoms with E-state index in [0.717, 1.165) is 45.2 Å². The van der Waals surface area contributed by atoms with Gasteiger partial charge < -0.3 is 9.64 Å². The van der Waals surface area contributed by atoms with E-state index in [4.69, 9.17) is 4.74 Å². The van der Waals surface area contributed by atoms with E-state index in [2.05, 4.69) is 6.92 Å². The predicted molar refractivity (Wildman–Crippen MR) is 92.0 cm³/mol. The predicted octanol–water partition coefficient (Wildman–Crippen LogP) is 1.32. The van der Waals surface area contributed by atoms with Gasteiger partial charge in [0.25, 0.3) is 0 Å². The highest BCUT2D eigenvalue weighted by atomic mass is 32.2. The van der Waals surface area contributed by atoms with Crippen molar-refractivity contribution in [3.63, 3.8) is 0 Å². The molecule has 6 nitrogen and oxygen atoms in total. The first-order valence-electron chi connectivity index (χ1n) is 8.99. The maximum Gasteiger partial charge on any atom is 0.225 e. The maximum absolute atomic E-state index is 12.5. The largest absolute Gasteiger partial charge is 0.383 e. The highest BCUT2D eigenvalue weighted by molar-refractivity contribution is 7.88. The lowest BCUT2D eigenvalue weighted by Crippen LogP contribution is -2.48. The lowest BCUT2D eigenvalue weighted by molar-refractivity contribution is -0.142. The normalized spacial score (nSPS) is 33.6. The summed E-state index contributed by atoms with van der Waals surface area (Å²) in [6.07, 6.45) is 5.97. The van der Waals surface area contributed by atoms with Crippen molar-refractivity contribution < 1.29 is 17.9 Å². The van der Waals surface area contributed by atoms with Gasteiger partial charge in [-0.05, 0) is 43.4 Å². The summed E-state index contributed by atoms with van der Waals surface area (Å²) in [5.41, 5.74) is 0.00988. The lowest BCUT2D eigenvalue weighted by Gasteiger charge is -2.42. The molecular formula is C17H30N2O4S. The fourth-order valence-corrected chi connectivity index (χ4v) is 5.96. The first-order valence-corrected chi connectivity index (χ1v) is 10.8. The van der Waals surface area contributed by atoms with Gasteiger partial charge >= 0.3 is 0 Å². The second-order valence-corrected chi connectivity index (χ2v) is 10.2. The molecular weight excluding hydrogens is 328 g/mol. The van der Waals surface area contributed by atoms with E-state index in [1.54, 1.807) is 11.4 Å². The summed E-state index contributed by atoms with van der Waals surface area (Å²) < 4.78 is 31.0. The van der Waals surface area contributed by atoms with Gasteiger partial charge in [-0.1, -0.05) is 6.92 Å². The summed E-state index contributed by atoms with van der Waals surface area (Å²) in [7, 11) is -1.60. The van der Waals surface area contributed by atoms with Gasteiger partial charge in [0.1, 0.15) is 0 Å². The zero-order valence-electron chi connectivity index (χ0n) is 15.0. The van der Waals surface area contributed by atoms with E-state index in [1.165, 1.54) is 6.26 Å². The van der Waals surface area contributed by atoms with Crippen LogP contribution in [0.4, 0.5) is 0 Å². The number of hydrogen-bond acceptors (Lipinski definition) is 4. The molecule has 7 heteroatoms. The quantitative estimate of drug-likeness (QED) is 0.760. The van der Waals surface area contributed by atoms with Gasteiger partial charge in [-0.2, -0.15) is 4.31 Å². The number of likely N-dealkylation sites (tertiary alicyclic amines) is 1. The Hall–Kier alpha value is -0.660. The minimum absolute atomic E-state index is 0.00988. The van der Waals surface area contributed by atoms with Gasteiger partial charge in [0.05, 0.1) is 12.9 Å². The highest BCUT2D eigenvalue weighted by Crippen LogP contribution is 2.45. The van der Waals surface area contributed by atoms with Crippen LogP contribution < -0.4 is 0 Å². The van der Waals surface area contributed by atoms with Gasteiger partial charge in [0.2, 0.25) is 15.9 Å². The van der Waals surface area contributed by atoms with Crippen LogP contribution in [0.5, 0.6) is 0 Å². The molecule has 3 rings (SSSR count).